The molecule has 0 aliphatic carbocycles. The summed E-state index contributed by atoms with van der Waals surface area (Å²) in [6.07, 6.45) is 6.06. The average Bonchev–Trinajstić information content (AvgIpc) is 3.10. The molecule has 0 unspecified atom stereocenters. The summed E-state index contributed by atoms with van der Waals surface area (Å²) < 4.78 is 5.54. The first-order valence-corrected chi connectivity index (χ1v) is 8.20. The van der Waals surface area contributed by atoms with E-state index in [-0.39, 0.29) is 24.6 Å². The molecule has 1 N–H and O–H groups in total. The van der Waals surface area contributed by atoms with Gasteiger partial charge < -0.3 is 15.0 Å². The van der Waals surface area contributed by atoms with Gasteiger partial charge in [0.2, 0.25) is 0 Å². The standard InChI is InChI=1S/C18H22N4O2/c1-14(17-11-19-8-9-20-17)21-15-7-10-22(12-15)18(23)13-24-16-5-3-2-4-6-16/h2-6,8-9,11,14-15,21H,7,10,12-13H2,1H3/t14-,15-/m1/s1. The molecule has 1 aromatic heterocycles. The predicted molar refractivity (Wildman–Crippen MR) is 90.5 cm³/mol. The molecule has 2 heterocycles. The number of carbonyl (C=O) groups is 1. The third kappa shape index (κ3) is 4.29. The summed E-state index contributed by atoms with van der Waals surface area (Å²) in [5.41, 5.74) is 0.912. The molecule has 126 valence electrons. The van der Waals surface area contributed by atoms with E-state index in [0.717, 1.165) is 24.4 Å². The van der Waals surface area contributed by atoms with Crippen molar-refractivity contribution in [2.75, 3.05) is 19.7 Å². The normalized spacial score (nSPS) is 18.4. The van der Waals surface area contributed by atoms with E-state index >= 15 is 0 Å². The minimum Gasteiger partial charge on any atom is -0.484 e. The van der Waals surface area contributed by atoms with Gasteiger partial charge in [-0.1, -0.05) is 18.2 Å². The van der Waals surface area contributed by atoms with Crippen LogP contribution >= 0.6 is 0 Å². The number of likely N-dealkylation sites (tertiary alicyclic amines) is 1. The van der Waals surface area contributed by atoms with Gasteiger partial charge in [-0.05, 0) is 25.5 Å². The van der Waals surface area contributed by atoms with Crippen LogP contribution in [0.15, 0.2) is 48.9 Å². The van der Waals surface area contributed by atoms with Gasteiger partial charge in [0, 0.05) is 43.8 Å². The number of rotatable bonds is 6. The van der Waals surface area contributed by atoms with E-state index in [2.05, 4.69) is 22.2 Å². The van der Waals surface area contributed by atoms with Crippen LogP contribution in [0.4, 0.5) is 0 Å². The maximum absolute atomic E-state index is 12.3. The summed E-state index contributed by atoms with van der Waals surface area (Å²) in [7, 11) is 0. The summed E-state index contributed by atoms with van der Waals surface area (Å²) >= 11 is 0. The first-order valence-electron chi connectivity index (χ1n) is 8.20. The number of benzene rings is 1. The lowest BCUT2D eigenvalue weighted by Crippen LogP contribution is -2.38. The van der Waals surface area contributed by atoms with Crippen molar-refractivity contribution >= 4 is 5.91 Å². The Labute approximate surface area is 141 Å². The zero-order chi connectivity index (χ0) is 16.8. The van der Waals surface area contributed by atoms with Crippen LogP contribution in [-0.4, -0.2) is 46.5 Å². The van der Waals surface area contributed by atoms with E-state index in [1.807, 2.05) is 35.2 Å². The summed E-state index contributed by atoms with van der Waals surface area (Å²) in [5.74, 6) is 0.742. The van der Waals surface area contributed by atoms with Crippen LogP contribution in [0.2, 0.25) is 0 Å². The fourth-order valence-electron chi connectivity index (χ4n) is 2.85. The molecular weight excluding hydrogens is 304 g/mol. The third-order valence-electron chi connectivity index (χ3n) is 4.16. The fourth-order valence-corrected chi connectivity index (χ4v) is 2.85. The SMILES string of the molecule is C[C@@H](N[C@@H]1CCN(C(=O)COc2ccccc2)C1)c1cnccn1. The molecule has 6 heteroatoms. The van der Waals surface area contributed by atoms with Crippen molar-refractivity contribution < 1.29 is 9.53 Å². The summed E-state index contributed by atoms with van der Waals surface area (Å²) in [6.45, 7) is 3.59. The minimum absolute atomic E-state index is 0.0234. The molecule has 1 amide bonds. The highest BCUT2D eigenvalue weighted by molar-refractivity contribution is 5.78. The lowest BCUT2D eigenvalue weighted by Gasteiger charge is -2.20. The van der Waals surface area contributed by atoms with Crippen molar-refractivity contribution in [3.05, 3.63) is 54.6 Å². The molecule has 2 aromatic rings. The first kappa shape index (κ1) is 16.4. The molecule has 2 atom stereocenters. The Morgan fingerprint density at radius 3 is 2.96 bits per heavy atom. The van der Waals surface area contributed by atoms with E-state index in [4.69, 9.17) is 4.74 Å². The summed E-state index contributed by atoms with van der Waals surface area (Å²) in [5, 5.41) is 3.52. The Balaban J connectivity index is 1.45. The molecule has 1 aliphatic heterocycles. The maximum atomic E-state index is 12.3. The van der Waals surface area contributed by atoms with Gasteiger partial charge in [-0.3, -0.25) is 14.8 Å². The van der Waals surface area contributed by atoms with Gasteiger partial charge in [0.25, 0.3) is 5.91 Å². The Morgan fingerprint density at radius 1 is 1.38 bits per heavy atom. The zero-order valence-corrected chi connectivity index (χ0v) is 13.8. The number of amides is 1. The van der Waals surface area contributed by atoms with Crippen LogP contribution in [-0.2, 0) is 4.79 Å². The van der Waals surface area contributed by atoms with Gasteiger partial charge >= 0.3 is 0 Å². The van der Waals surface area contributed by atoms with E-state index in [1.54, 1.807) is 18.6 Å². The number of nitrogens with zero attached hydrogens (tertiary/aromatic N) is 3. The van der Waals surface area contributed by atoms with Crippen LogP contribution in [0.1, 0.15) is 25.1 Å². The highest BCUT2D eigenvalue weighted by Gasteiger charge is 2.27. The number of hydrogen-bond acceptors (Lipinski definition) is 5. The minimum atomic E-state index is 0.0234. The van der Waals surface area contributed by atoms with Crippen molar-refractivity contribution in [2.24, 2.45) is 0 Å². The lowest BCUT2D eigenvalue weighted by molar-refractivity contribution is -0.132. The van der Waals surface area contributed by atoms with Gasteiger partial charge in [0.15, 0.2) is 6.61 Å². The van der Waals surface area contributed by atoms with Crippen molar-refractivity contribution in [1.29, 1.82) is 0 Å². The van der Waals surface area contributed by atoms with Gasteiger partial charge in [-0.2, -0.15) is 0 Å². The quantitative estimate of drug-likeness (QED) is 0.877. The second kappa shape index (κ2) is 7.88. The summed E-state index contributed by atoms with van der Waals surface area (Å²) in [6, 6.07) is 9.78. The number of para-hydroxylation sites is 1. The second-order valence-electron chi connectivity index (χ2n) is 5.95. The van der Waals surface area contributed by atoms with Gasteiger partial charge in [0.1, 0.15) is 5.75 Å². The fraction of sp³-hybridized carbons (Fsp3) is 0.389. The molecule has 0 bridgehead atoms. The third-order valence-corrected chi connectivity index (χ3v) is 4.16. The maximum Gasteiger partial charge on any atom is 0.260 e. The van der Waals surface area contributed by atoms with E-state index in [9.17, 15) is 4.79 Å². The monoisotopic (exact) mass is 326 g/mol. The Morgan fingerprint density at radius 2 is 2.21 bits per heavy atom. The van der Waals surface area contributed by atoms with Crippen LogP contribution in [0, 0.1) is 0 Å². The highest BCUT2D eigenvalue weighted by Crippen LogP contribution is 2.15. The predicted octanol–water partition coefficient (Wildman–Crippen LogP) is 1.81. The van der Waals surface area contributed by atoms with Crippen LogP contribution in [0.5, 0.6) is 5.75 Å². The average molecular weight is 326 g/mol. The molecule has 1 fully saturated rings. The summed E-state index contributed by atoms with van der Waals surface area (Å²) in [4.78, 5) is 22.5. The molecule has 1 aliphatic rings. The van der Waals surface area contributed by atoms with Crippen molar-refractivity contribution in [3.63, 3.8) is 0 Å². The van der Waals surface area contributed by atoms with E-state index in [0.29, 0.717) is 6.54 Å². The van der Waals surface area contributed by atoms with Crippen LogP contribution < -0.4 is 10.1 Å². The van der Waals surface area contributed by atoms with Crippen molar-refractivity contribution in [1.82, 2.24) is 20.2 Å². The number of carbonyl (C=O) groups excluding carboxylic acids is 1. The Hall–Kier alpha value is -2.47. The second-order valence-corrected chi connectivity index (χ2v) is 5.95. The van der Waals surface area contributed by atoms with Crippen LogP contribution in [0.3, 0.4) is 0 Å². The molecule has 1 saturated heterocycles. The lowest BCUT2D eigenvalue weighted by atomic mass is 10.2. The van der Waals surface area contributed by atoms with E-state index in [1.165, 1.54) is 0 Å². The van der Waals surface area contributed by atoms with Gasteiger partial charge in [0.05, 0.1) is 5.69 Å². The van der Waals surface area contributed by atoms with Crippen molar-refractivity contribution in [3.8, 4) is 5.75 Å². The molecule has 1 aromatic carbocycles. The highest BCUT2D eigenvalue weighted by atomic mass is 16.5. The molecule has 6 nitrogen and oxygen atoms in total. The van der Waals surface area contributed by atoms with Gasteiger partial charge in [-0.25, -0.2) is 0 Å². The van der Waals surface area contributed by atoms with Crippen LogP contribution in [0.25, 0.3) is 0 Å². The topological polar surface area (TPSA) is 67.4 Å². The molecule has 0 spiro atoms. The zero-order valence-electron chi connectivity index (χ0n) is 13.8. The van der Waals surface area contributed by atoms with Gasteiger partial charge in [-0.15, -0.1) is 0 Å². The Bertz CT molecular complexity index is 651. The number of aromatic nitrogens is 2. The molecule has 24 heavy (non-hydrogen) atoms. The number of ether oxygens (including phenoxy) is 1. The largest absolute Gasteiger partial charge is 0.484 e. The molecule has 0 radical (unpaired) electrons. The molecular formula is C18H22N4O2. The first-order chi connectivity index (χ1) is 11.7. The van der Waals surface area contributed by atoms with E-state index < -0.39 is 0 Å². The Kier molecular flexibility index (Phi) is 5.38. The molecule has 3 rings (SSSR count). The molecule has 0 saturated carbocycles. The smallest absolute Gasteiger partial charge is 0.260 e. The van der Waals surface area contributed by atoms with Crippen molar-refractivity contribution in [2.45, 2.75) is 25.4 Å². The number of nitrogens with one attached hydrogen (secondary N) is 1. The number of hydrogen-bond donors (Lipinski definition) is 1.